The van der Waals surface area contributed by atoms with Crippen molar-refractivity contribution >= 4 is 12.0 Å². The quantitative estimate of drug-likeness (QED) is 0.218. The Morgan fingerprint density at radius 1 is 1.04 bits per heavy atom. The number of hydrogen-bond acceptors (Lipinski definition) is 6. The molecule has 0 saturated heterocycles. The topological polar surface area (TPSA) is 109 Å². The number of rotatable bonds is 5. The molecule has 0 aliphatic carbocycles. The summed E-state index contributed by atoms with van der Waals surface area (Å²) >= 11 is 0. The molecule has 7 heteroatoms. The highest BCUT2D eigenvalue weighted by atomic mass is 16.8. The third kappa shape index (κ3) is 4.72. The van der Waals surface area contributed by atoms with E-state index in [1.54, 1.807) is 43.5 Å². The molecule has 2 aromatic carbocycles. The van der Waals surface area contributed by atoms with Crippen LogP contribution < -0.4 is 20.9 Å². The van der Waals surface area contributed by atoms with Crippen LogP contribution in [0.15, 0.2) is 53.7 Å². The van der Waals surface area contributed by atoms with E-state index in [2.05, 4.69) is 9.99 Å². The number of amidine groups is 1. The lowest BCUT2D eigenvalue weighted by atomic mass is 10.1. The van der Waals surface area contributed by atoms with Crippen molar-refractivity contribution in [1.29, 1.82) is 0 Å². The SMILES string of the molecule is COc1ccc(OC(=O)ON=C(N)c2ccc(CN)cc2)cc1. The monoisotopic (exact) mass is 315 g/mol. The van der Waals surface area contributed by atoms with E-state index in [1.807, 2.05) is 12.1 Å². The summed E-state index contributed by atoms with van der Waals surface area (Å²) < 4.78 is 9.94. The second-order valence-corrected chi connectivity index (χ2v) is 4.50. The van der Waals surface area contributed by atoms with Gasteiger partial charge in [0, 0.05) is 12.1 Å². The normalized spacial score (nSPS) is 11.0. The Bertz CT molecular complexity index is 681. The van der Waals surface area contributed by atoms with Gasteiger partial charge in [0.15, 0.2) is 5.84 Å². The van der Waals surface area contributed by atoms with Crippen LogP contribution in [0.25, 0.3) is 0 Å². The van der Waals surface area contributed by atoms with Crippen molar-refractivity contribution < 1.29 is 19.1 Å². The molecule has 0 heterocycles. The largest absolute Gasteiger partial charge is 0.540 e. The first-order valence-corrected chi connectivity index (χ1v) is 6.78. The van der Waals surface area contributed by atoms with Crippen molar-refractivity contribution in [1.82, 2.24) is 0 Å². The Labute approximate surface area is 133 Å². The maximum absolute atomic E-state index is 11.5. The van der Waals surface area contributed by atoms with Gasteiger partial charge in [-0.1, -0.05) is 29.4 Å². The van der Waals surface area contributed by atoms with Gasteiger partial charge < -0.3 is 20.9 Å². The van der Waals surface area contributed by atoms with Crippen molar-refractivity contribution in [2.45, 2.75) is 6.54 Å². The summed E-state index contributed by atoms with van der Waals surface area (Å²) in [6, 6.07) is 13.5. The maximum atomic E-state index is 11.5. The third-order valence-corrected chi connectivity index (χ3v) is 2.96. The average molecular weight is 315 g/mol. The molecule has 0 unspecified atom stereocenters. The highest BCUT2D eigenvalue weighted by Gasteiger charge is 2.07. The maximum Gasteiger partial charge on any atom is 0.540 e. The van der Waals surface area contributed by atoms with E-state index in [9.17, 15) is 4.79 Å². The number of carbonyl (C=O) groups excluding carboxylic acids is 1. The number of benzene rings is 2. The molecule has 0 fully saturated rings. The summed E-state index contributed by atoms with van der Waals surface area (Å²) in [5, 5.41) is 3.54. The Kier molecular flexibility index (Phi) is 5.54. The van der Waals surface area contributed by atoms with E-state index in [4.69, 9.17) is 20.9 Å². The zero-order chi connectivity index (χ0) is 16.7. The number of hydrogen-bond donors (Lipinski definition) is 2. The zero-order valence-electron chi connectivity index (χ0n) is 12.6. The average Bonchev–Trinajstić information content (AvgIpc) is 2.60. The predicted octanol–water partition coefficient (Wildman–Crippen LogP) is 1.99. The Hall–Kier alpha value is -3.06. The van der Waals surface area contributed by atoms with Crippen LogP contribution in [0.3, 0.4) is 0 Å². The number of ether oxygens (including phenoxy) is 2. The molecule has 4 N–H and O–H groups in total. The molecular formula is C16H17N3O4. The molecule has 0 aliphatic rings. The Morgan fingerprint density at radius 2 is 1.65 bits per heavy atom. The fraction of sp³-hybridized carbons (Fsp3) is 0.125. The van der Waals surface area contributed by atoms with Crippen LogP contribution >= 0.6 is 0 Å². The van der Waals surface area contributed by atoms with Crippen LogP contribution in [-0.4, -0.2) is 19.1 Å². The standard InChI is InChI=1S/C16H17N3O4/c1-21-13-6-8-14(9-7-13)22-16(20)23-19-15(18)12-4-2-11(10-17)3-5-12/h2-9H,10,17H2,1H3,(H2,18,19). The van der Waals surface area contributed by atoms with Gasteiger partial charge in [0.25, 0.3) is 0 Å². The van der Waals surface area contributed by atoms with Gasteiger partial charge in [-0.15, -0.1) is 0 Å². The lowest BCUT2D eigenvalue weighted by molar-refractivity contribution is 0.102. The van der Waals surface area contributed by atoms with Crippen LogP contribution in [0, 0.1) is 0 Å². The smallest absolute Gasteiger partial charge is 0.497 e. The minimum absolute atomic E-state index is 0.0558. The first-order valence-electron chi connectivity index (χ1n) is 6.78. The number of carbonyl (C=O) groups is 1. The first-order chi connectivity index (χ1) is 11.1. The molecule has 120 valence electrons. The summed E-state index contributed by atoms with van der Waals surface area (Å²) in [6.07, 6.45) is -0.989. The van der Waals surface area contributed by atoms with E-state index in [0.717, 1.165) is 5.56 Å². The first kappa shape index (κ1) is 16.3. The fourth-order valence-electron chi connectivity index (χ4n) is 1.71. The van der Waals surface area contributed by atoms with Gasteiger partial charge in [-0.25, -0.2) is 4.79 Å². The number of oxime groups is 1. The summed E-state index contributed by atoms with van der Waals surface area (Å²) in [5.41, 5.74) is 12.8. The van der Waals surface area contributed by atoms with Crippen LogP contribution in [0.4, 0.5) is 4.79 Å². The highest BCUT2D eigenvalue weighted by molar-refractivity contribution is 5.97. The molecule has 0 spiro atoms. The van der Waals surface area contributed by atoms with Crippen LogP contribution in [0.1, 0.15) is 11.1 Å². The number of nitrogens with zero attached hydrogens (tertiary/aromatic N) is 1. The molecule has 2 rings (SSSR count). The van der Waals surface area contributed by atoms with Crippen LogP contribution in [-0.2, 0) is 11.4 Å². The van der Waals surface area contributed by atoms with Gasteiger partial charge in [-0.05, 0) is 29.8 Å². The Morgan fingerprint density at radius 3 is 2.22 bits per heavy atom. The molecule has 23 heavy (non-hydrogen) atoms. The number of nitrogens with two attached hydrogens (primary N) is 2. The van der Waals surface area contributed by atoms with Gasteiger partial charge in [-0.3, -0.25) is 4.84 Å². The molecule has 0 atom stereocenters. The van der Waals surface area contributed by atoms with Crippen molar-refractivity contribution in [2.75, 3.05) is 7.11 Å². The van der Waals surface area contributed by atoms with Crippen molar-refractivity contribution in [3.05, 3.63) is 59.7 Å². The van der Waals surface area contributed by atoms with Crippen LogP contribution in [0.2, 0.25) is 0 Å². The predicted molar refractivity (Wildman–Crippen MR) is 85.2 cm³/mol. The fourth-order valence-corrected chi connectivity index (χ4v) is 1.71. The summed E-state index contributed by atoms with van der Waals surface area (Å²) in [6.45, 7) is 0.433. The molecule has 2 aromatic rings. The van der Waals surface area contributed by atoms with Crippen molar-refractivity contribution in [3.8, 4) is 11.5 Å². The molecule has 0 aliphatic heterocycles. The van der Waals surface area contributed by atoms with Crippen LogP contribution in [0.5, 0.6) is 11.5 Å². The van der Waals surface area contributed by atoms with Gasteiger partial charge in [-0.2, -0.15) is 0 Å². The van der Waals surface area contributed by atoms with E-state index in [1.165, 1.54) is 0 Å². The highest BCUT2D eigenvalue weighted by Crippen LogP contribution is 2.17. The zero-order valence-corrected chi connectivity index (χ0v) is 12.6. The number of methoxy groups -OCH3 is 1. The van der Waals surface area contributed by atoms with E-state index >= 15 is 0 Å². The van der Waals surface area contributed by atoms with Gasteiger partial charge >= 0.3 is 6.16 Å². The van der Waals surface area contributed by atoms with Gasteiger partial charge in [0.05, 0.1) is 7.11 Å². The molecule has 7 nitrogen and oxygen atoms in total. The molecule has 0 amide bonds. The summed E-state index contributed by atoms with van der Waals surface area (Å²) in [5.74, 6) is 1.01. The lowest BCUT2D eigenvalue weighted by Gasteiger charge is -2.04. The van der Waals surface area contributed by atoms with Crippen molar-refractivity contribution in [3.63, 3.8) is 0 Å². The molecule has 0 bridgehead atoms. The second-order valence-electron chi connectivity index (χ2n) is 4.50. The van der Waals surface area contributed by atoms with Gasteiger partial charge in [0.2, 0.25) is 0 Å². The Balaban J connectivity index is 1.93. The second kappa shape index (κ2) is 7.81. The van der Waals surface area contributed by atoms with E-state index < -0.39 is 6.16 Å². The molecule has 0 aromatic heterocycles. The molecule has 0 saturated carbocycles. The molecule has 0 radical (unpaired) electrons. The third-order valence-electron chi connectivity index (χ3n) is 2.96. The summed E-state index contributed by atoms with van der Waals surface area (Å²) in [4.78, 5) is 16.2. The minimum Gasteiger partial charge on any atom is -0.497 e. The summed E-state index contributed by atoms with van der Waals surface area (Å²) in [7, 11) is 1.54. The lowest BCUT2D eigenvalue weighted by Crippen LogP contribution is -2.16. The van der Waals surface area contributed by atoms with E-state index in [0.29, 0.717) is 23.6 Å². The van der Waals surface area contributed by atoms with Crippen molar-refractivity contribution in [2.24, 2.45) is 16.6 Å². The molecular weight excluding hydrogens is 298 g/mol. The van der Waals surface area contributed by atoms with E-state index in [-0.39, 0.29) is 5.84 Å². The minimum atomic E-state index is -0.989. The van der Waals surface area contributed by atoms with Gasteiger partial charge in [0.1, 0.15) is 11.5 Å².